The van der Waals surface area contributed by atoms with Crippen LogP contribution in [0.5, 0.6) is 11.5 Å². The van der Waals surface area contributed by atoms with E-state index in [-0.39, 0.29) is 0 Å². The first-order chi connectivity index (χ1) is 8.26. The van der Waals surface area contributed by atoms with Gasteiger partial charge in [0, 0.05) is 12.7 Å². The molecule has 0 aromatic heterocycles. The Kier molecular flexibility index (Phi) is 5.80. The Hall–Kier alpha value is -1.26. The second-order valence-electron chi connectivity index (χ2n) is 3.80. The van der Waals surface area contributed by atoms with Crippen LogP contribution in [0, 0.1) is 0 Å². The van der Waals surface area contributed by atoms with E-state index in [2.05, 4.69) is 0 Å². The minimum Gasteiger partial charge on any atom is -0.496 e. The molecule has 0 saturated heterocycles. The van der Waals surface area contributed by atoms with Crippen LogP contribution in [0.1, 0.15) is 17.5 Å². The van der Waals surface area contributed by atoms with Crippen LogP contribution in [0.2, 0.25) is 0 Å². The first kappa shape index (κ1) is 13.8. The monoisotopic (exact) mass is 239 g/mol. The maximum atomic E-state index is 5.52. The van der Waals surface area contributed by atoms with Gasteiger partial charge in [0.2, 0.25) is 0 Å². The van der Waals surface area contributed by atoms with Crippen molar-refractivity contribution < 1.29 is 14.2 Å². The van der Waals surface area contributed by atoms with Gasteiger partial charge in [-0.15, -0.1) is 0 Å². The van der Waals surface area contributed by atoms with Crippen molar-refractivity contribution in [3.05, 3.63) is 23.3 Å². The van der Waals surface area contributed by atoms with Gasteiger partial charge in [0.25, 0.3) is 0 Å². The van der Waals surface area contributed by atoms with Crippen molar-refractivity contribution in [2.24, 2.45) is 5.73 Å². The van der Waals surface area contributed by atoms with Gasteiger partial charge in [-0.1, -0.05) is 0 Å². The zero-order chi connectivity index (χ0) is 12.7. The Morgan fingerprint density at radius 2 is 1.59 bits per heavy atom. The Balaban J connectivity index is 3.04. The van der Waals surface area contributed by atoms with E-state index in [0.717, 1.165) is 35.5 Å². The van der Waals surface area contributed by atoms with Crippen molar-refractivity contribution in [2.45, 2.75) is 19.4 Å². The molecular formula is C13H21NO3. The van der Waals surface area contributed by atoms with Gasteiger partial charge in [0.05, 0.1) is 20.8 Å². The van der Waals surface area contributed by atoms with Crippen LogP contribution in [0.25, 0.3) is 0 Å². The molecule has 1 rings (SSSR count). The summed E-state index contributed by atoms with van der Waals surface area (Å²) in [6.07, 6.45) is 1.83. The van der Waals surface area contributed by atoms with E-state index >= 15 is 0 Å². The van der Waals surface area contributed by atoms with Crippen LogP contribution < -0.4 is 15.2 Å². The molecule has 0 atom stereocenters. The molecule has 0 heterocycles. The topological polar surface area (TPSA) is 53.7 Å². The highest BCUT2D eigenvalue weighted by Gasteiger charge is 2.10. The first-order valence-corrected chi connectivity index (χ1v) is 5.69. The first-order valence-electron chi connectivity index (χ1n) is 5.69. The molecule has 1 aromatic carbocycles. The molecule has 4 heteroatoms. The Bertz CT molecular complexity index is 353. The van der Waals surface area contributed by atoms with Crippen LogP contribution in [0.3, 0.4) is 0 Å². The van der Waals surface area contributed by atoms with Crippen LogP contribution in [-0.2, 0) is 17.8 Å². The lowest BCUT2D eigenvalue weighted by Crippen LogP contribution is -2.03. The summed E-state index contributed by atoms with van der Waals surface area (Å²) in [6, 6.07) is 3.97. The predicted molar refractivity (Wildman–Crippen MR) is 67.6 cm³/mol. The van der Waals surface area contributed by atoms with Gasteiger partial charge in [-0.05, 0) is 37.1 Å². The van der Waals surface area contributed by atoms with E-state index < -0.39 is 0 Å². The summed E-state index contributed by atoms with van der Waals surface area (Å²) in [5.41, 5.74) is 7.63. The third-order valence-corrected chi connectivity index (χ3v) is 2.63. The fourth-order valence-corrected chi connectivity index (χ4v) is 1.78. The molecule has 0 fully saturated rings. The second kappa shape index (κ2) is 7.14. The summed E-state index contributed by atoms with van der Waals surface area (Å²) in [4.78, 5) is 0. The molecular weight excluding hydrogens is 218 g/mol. The normalized spacial score (nSPS) is 10.4. The number of rotatable bonds is 7. The lowest BCUT2D eigenvalue weighted by Gasteiger charge is -2.14. The third kappa shape index (κ3) is 3.61. The molecule has 0 bridgehead atoms. The second-order valence-corrected chi connectivity index (χ2v) is 3.80. The van der Waals surface area contributed by atoms with E-state index in [1.54, 1.807) is 21.3 Å². The number of aryl methyl sites for hydroxylation is 1. The number of hydrogen-bond acceptors (Lipinski definition) is 4. The Morgan fingerprint density at radius 1 is 1.00 bits per heavy atom. The molecule has 0 unspecified atom stereocenters. The van der Waals surface area contributed by atoms with Crippen molar-refractivity contribution in [3.63, 3.8) is 0 Å². The number of nitrogens with two attached hydrogens (primary N) is 1. The number of methoxy groups -OCH3 is 3. The molecule has 0 radical (unpaired) electrons. The lowest BCUT2D eigenvalue weighted by atomic mass is 10.0. The predicted octanol–water partition coefficient (Wildman–Crippen LogP) is 1.74. The van der Waals surface area contributed by atoms with E-state index in [9.17, 15) is 0 Å². The van der Waals surface area contributed by atoms with Crippen molar-refractivity contribution >= 4 is 0 Å². The lowest BCUT2D eigenvalue weighted by molar-refractivity contribution is 0.181. The fraction of sp³-hybridized carbons (Fsp3) is 0.538. The summed E-state index contributed by atoms with van der Waals surface area (Å²) in [7, 11) is 4.99. The van der Waals surface area contributed by atoms with Crippen molar-refractivity contribution in [2.75, 3.05) is 27.9 Å². The summed E-state index contributed by atoms with van der Waals surface area (Å²) in [5.74, 6) is 1.70. The van der Waals surface area contributed by atoms with Gasteiger partial charge in [-0.3, -0.25) is 0 Å². The minimum absolute atomic E-state index is 0.511. The zero-order valence-corrected chi connectivity index (χ0v) is 10.8. The van der Waals surface area contributed by atoms with Gasteiger partial charge < -0.3 is 19.9 Å². The highest BCUT2D eigenvalue weighted by molar-refractivity contribution is 5.46. The smallest absolute Gasteiger partial charge is 0.124 e. The minimum atomic E-state index is 0.511. The average molecular weight is 239 g/mol. The molecule has 1 aromatic rings. The SMILES string of the molecule is COCc1cc(OC)c(CCCN)cc1OC. The van der Waals surface area contributed by atoms with Gasteiger partial charge >= 0.3 is 0 Å². The molecule has 0 aliphatic rings. The largest absolute Gasteiger partial charge is 0.496 e. The molecule has 0 spiro atoms. The maximum Gasteiger partial charge on any atom is 0.124 e. The Labute approximate surface area is 103 Å². The van der Waals surface area contributed by atoms with Crippen LogP contribution in [0.4, 0.5) is 0 Å². The van der Waals surface area contributed by atoms with Gasteiger partial charge in [-0.25, -0.2) is 0 Å². The molecule has 2 N–H and O–H groups in total. The van der Waals surface area contributed by atoms with E-state index in [1.807, 2.05) is 12.1 Å². The number of ether oxygens (including phenoxy) is 3. The van der Waals surface area contributed by atoms with Crippen molar-refractivity contribution in [1.29, 1.82) is 0 Å². The molecule has 96 valence electrons. The number of benzene rings is 1. The van der Waals surface area contributed by atoms with Gasteiger partial charge in [-0.2, -0.15) is 0 Å². The molecule has 0 aliphatic carbocycles. The molecule has 17 heavy (non-hydrogen) atoms. The van der Waals surface area contributed by atoms with E-state index in [0.29, 0.717) is 13.2 Å². The van der Waals surface area contributed by atoms with Gasteiger partial charge in [0.1, 0.15) is 11.5 Å². The van der Waals surface area contributed by atoms with Crippen LogP contribution in [-0.4, -0.2) is 27.9 Å². The highest BCUT2D eigenvalue weighted by Crippen LogP contribution is 2.30. The summed E-state index contributed by atoms with van der Waals surface area (Å²) in [5, 5.41) is 0. The Morgan fingerprint density at radius 3 is 2.12 bits per heavy atom. The maximum absolute atomic E-state index is 5.52. The summed E-state index contributed by atoms with van der Waals surface area (Å²) >= 11 is 0. The van der Waals surface area contributed by atoms with E-state index in [1.165, 1.54) is 0 Å². The standard InChI is InChI=1S/C13H21NO3/c1-15-9-11-8-12(16-2)10(5-4-6-14)7-13(11)17-3/h7-8H,4-6,9,14H2,1-3H3. The average Bonchev–Trinajstić information content (AvgIpc) is 2.36. The molecule has 4 nitrogen and oxygen atoms in total. The van der Waals surface area contributed by atoms with Crippen molar-refractivity contribution in [3.8, 4) is 11.5 Å². The third-order valence-electron chi connectivity index (χ3n) is 2.63. The number of hydrogen-bond donors (Lipinski definition) is 1. The highest BCUT2D eigenvalue weighted by atomic mass is 16.5. The summed E-state index contributed by atoms with van der Waals surface area (Å²) < 4.78 is 15.9. The van der Waals surface area contributed by atoms with Crippen molar-refractivity contribution in [1.82, 2.24) is 0 Å². The zero-order valence-electron chi connectivity index (χ0n) is 10.8. The fourth-order valence-electron chi connectivity index (χ4n) is 1.78. The molecule has 0 amide bonds. The molecule has 0 aliphatic heterocycles. The van der Waals surface area contributed by atoms with Crippen LogP contribution >= 0.6 is 0 Å². The van der Waals surface area contributed by atoms with E-state index in [4.69, 9.17) is 19.9 Å². The van der Waals surface area contributed by atoms with Crippen LogP contribution in [0.15, 0.2) is 12.1 Å². The quantitative estimate of drug-likeness (QED) is 0.787. The van der Waals surface area contributed by atoms with Gasteiger partial charge in [0.15, 0.2) is 0 Å². The summed E-state index contributed by atoms with van der Waals surface area (Å²) in [6.45, 7) is 1.18. The molecule has 0 saturated carbocycles.